The highest BCUT2D eigenvalue weighted by atomic mass is 32.2. The van der Waals surface area contributed by atoms with Crippen LogP contribution in [0.1, 0.15) is 25.8 Å². The normalized spacial score (nSPS) is 16.5. The summed E-state index contributed by atoms with van der Waals surface area (Å²) in [7, 11) is 0. The molecule has 1 aromatic rings. The van der Waals surface area contributed by atoms with Gasteiger partial charge in [0.1, 0.15) is 12.3 Å². The highest BCUT2D eigenvalue weighted by Gasteiger charge is 2.36. The van der Waals surface area contributed by atoms with Gasteiger partial charge in [0.2, 0.25) is 0 Å². The molecule has 0 unspecified atom stereocenters. The molecule has 1 atom stereocenters. The zero-order valence-electron chi connectivity index (χ0n) is 15.0. The van der Waals surface area contributed by atoms with E-state index >= 15 is 0 Å². The van der Waals surface area contributed by atoms with Crippen LogP contribution >= 0.6 is 11.8 Å². The lowest BCUT2D eigenvalue weighted by molar-refractivity contribution is -0.150. The maximum absolute atomic E-state index is 12.4. The van der Waals surface area contributed by atoms with Crippen LogP contribution in [-0.2, 0) is 19.1 Å². The topological polar surface area (TPSA) is 116 Å². The van der Waals surface area contributed by atoms with Crippen molar-refractivity contribution in [2.24, 2.45) is 5.73 Å². The number of amides is 3. The number of ether oxygens (including phenoxy) is 2. The largest absolute Gasteiger partial charge is 0.484 e. The van der Waals surface area contributed by atoms with Crippen molar-refractivity contribution in [2.45, 2.75) is 26.4 Å². The van der Waals surface area contributed by atoms with Crippen LogP contribution in [0.4, 0.5) is 4.79 Å². The third kappa shape index (κ3) is 5.85. The van der Waals surface area contributed by atoms with Gasteiger partial charge in [-0.3, -0.25) is 24.1 Å². The van der Waals surface area contributed by atoms with Crippen molar-refractivity contribution in [2.75, 3.05) is 13.2 Å². The zero-order chi connectivity index (χ0) is 20.0. The molecule has 8 nitrogen and oxygen atoms in total. The van der Waals surface area contributed by atoms with Gasteiger partial charge in [-0.2, -0.15) is 0 Å². The van der Waals surface area contributed by atoms with Crippen molar-refractivity contribution in [3.8, 4) is 5.75 Å². The standard InChI is InChI=1S/C18H20N2O6S/c1-3-11(2)26-16(22)9-20-17(23)14(27-18(20)24)8-12-4-6-13(7-5-12)25-10-15(19)21/h4-8,11H,3,9-10H2,1-2H3,(H2,19,21)/b14-8-/t11-/m1/s1. The number of hydrogen-bond donors (Lipinski definition) is 1. The molecule has 1 aliphatic heterocycles. The third-order valence-corrected chi connectivity index (χ3v) is 4.53. The molecule has 0 aromatic heterocycles. The molecule has 9 heteroatoms. The molecule has 0 bridgehead atoms. The minimum atomic E-state index is -0.621. The molecule has 1 aliphatic rings. The molecule has 0 radical (unpaired) electrons. The Hall–Kier alpha value is -2.81. The number of carbonyl (C=O) groups is 4. The first kappa shape index (κ1) is 20.5. The van der Waals surface area contributed by atoms with Gasteiger partial charge in [-0.15, -0.1) is 0 Å². The molecule has 2 N–H and O–H groups in total. The minimum Gasteiger partial charge on any atom is -0.484 e. The van der Waals surface area contributed by atoms with E-state index < -0.39 is 29.6 Å². The van der Waals surface area contributed by atoms with Gasteiger partial charge in [0.15, 0.2) is 6.61 Å². The van der Waals surface area contributed by atoms with Gasteiger partial charge in [0.05, 0.1) is 11.0 Å². The van der Waals surface area contributed by atoms with E-state index in [4.69, 9.17) is 15.2 Å². The van der Waals surface area contributed by atoms with Crippen LogP contribution in [-0.4, -0.2) is 47.2 Å². The lowest BCUT2D eigenvalue weighted by Crippen LogP contribution is -2.35. The van der Waals surface area contributed by atoms with E-state index in [1.54, 1.807) is 37.3 Å². The van der Waals surface area contributed by atoms with E-state index in [0.717, 1.165) is 16.7 Å². The monoisotopic (exact) mass is 392 g/mol. The highest BCUT2D eigenvalue weighted by molar-refractivity contribution is 8.18. The second-order valence-electron chi connectivity index (χ2n) is 5.80. The molecule has 1 fully saturated rings. The first-order valence-electron chi connectivity index (χ1n) is 8.26. The average Bonchev–Trinajstić information content (AvgIpc) is 2.88. The SMILES string of the molecule is CC[C@@H](C)OC(=O)CN1C(=O)S/C(=C\c2ccc(OCC(N)=O)cc2)C1=O. The number of esters is 1. The van der Waals surface area contributed by atoms with E-state index in [1.165, 1.54) is 0 Å². The van der Waals surface area contributed by atoms with Gasteiger partial charge >= 0.3 is 5.97 Å². The van der Waals surface area contributed by atoms with Crippen molar-refractivity contribution >= 4 is 40.9 Å². The fourth-order valence-electron chi connectivity index (χ4n) is 2.08. The van der Waals surface area contributed by atoms with Crippen LogP contribution in [0.25, 0.3) is 6.08 Å². The van der Waals surface area contributed by atoms with Gasteiger partial charge < -0.3 is 15.2 Å². The molecule has 144 valence electrons. The lowest BCUT2D eigenvalue weighted by Gasteiger charge is -2.14. The Morgan fingerprint density at radius 2 is 1.93 bits per heavy atom. The third-order valence-electron chi connectivity index (χ3n) is 3.63. The van der Waals surface area contributed by atoms with Gasteiger partial charge in [-0.1, -0.05) is 19.1 Å². The Morgan fingerprint density at radius 1 is 1.26 bits per heavy atom. The van der Waals surface area contributed by atoms with E-state index in [0.29, 0.717) is 17.7 Å². The molecule has 0 spiro atoms. The van der Waals surface area contributed by atoms with Crippen LogP contribution in [0.15, 0.2) is 29.2 Å². The summed E-state index contributed by atoms with van der Waals surface area (Å²) in [6, 6.07) is 6.56. The summed E-state index contributed by atoms with van der Waals surface area (Å²) in [5.74, 6) is -1.30. The number of hydrogen-bond acceptors (Lipinski definition) is 7. The van der Waals surface area contributed by atoms with Crippen molar-refractivity contribution in [1.82, 2.24) is 4.90 Å². The van der Waals surface area contributed by atoms with Crippen molar-refractivity contribution in [3.05, 3.63) is 34.7 Å². The Kier molecular flexibility index (Phi) is 7.00. The maximum atomic E-state index is 12.4. The van der Waals surface area contributed by atoms with E-state index in [9.17, 15) is 19.2 Å². The van der Waals surface area contributed by atoms with Crippen molar-refractivity contribution in [1.29, 1.82) is 0 Å². The van der Waals surface area contributed by atoms with Crippen LogP contribution < -0.4 is 10.5 Å². The number of nitrogens with two attached hydrogens (primary N) is 1. The van der Waals surface area contributed by atoms with E-state index in [2.05, 4.69) is 0 Å². The predicted octanol–water partition coefficient (Wildman–Crippen LogP) is 1.93. The number of benzene rings is 1. The van der Waals surface area contributed by atoms with Crippen molar-refractivity contribution in [3.63, 3.8) is 0 Å². The first-order chi connectivity index (χ1) is 12.8. The Labute approximate surface area is 160 Å². The predicted molar refractivity (Wildman–Crippen MR) is 99.7 cm³/mol. The fraction of sp³-hybridized carbons (Fsp3) is 0.333. The highest BCUT2D eigenvalue weighted by Crippen LogP contribution is 2.32. The Balaban J connectivity index is 2.02. The summed E-state index contributed by atoms with van der Waals surface area (Å²) in [4.78, 5) is 48.0. The summed E-state index contributed by atoms with van der Waals surface area (Å²) in [6.07, 6.45) is 1.92. The Bertz CT molecular complexity index is 775. The summed E-state index contributed by atoms with van der Waals surface area (Å²) < 4.78 is 10.3. The van der Waals surface area contributed by atoms with Gasteiger partial charge in [-0.05, 0) is 48.9 Å². The zero-order valence-corrected chi connectivity index (χ0v) is 15.8. The number of carbonyl (C=O) groups excluding carboxylic acids is 4. The molecule has 27 heavy (non-hydrogen) atoms. The lowest BCUT2D eigenvalue weighted by atomic mass is 10.2. The molecule has 1 saturated heterocycles. The number of imide groups is 1. The molecule has 0 saturated carbocycles. The van der Waals surface area contributed by atoms with Gasteiger partial charge in [0.25, 0.3) is 17.1 Å². The molecule has 1 aromatic carbocycles. The molecule has 0 aliphatic carbocycles. The van der Waals surface area contributed by atoms with Crippen LogP contribution in [0, 0.1) is 0 Å². The number of nitrogens with zero attached hydrogens (tertiary/aromatic N) is 1. The maximum Gasteiger partial charge on any atom is 0.326 e. The number of thioether (sulfide) groups is 1. The summed E-state index contributed by atoms with van der Waals surface area (Å²) in [5, 5.41) is -0.520. The van der Waals surface area contributed by atoms with Gasteiger partial charge in [0, 0.05) is 0 Å². The van der Waals surface area contributed by atoms with Crippen molar-refractivity contribution < 1.29 is 28.7 Å². The smallest absolute Gasteiger partial charge is 0.326 e. The number of primary amides is 1. The minimum absolute atomic E-state index is 0.210. The second-order valence-corrected chi connectivity index (χ2v) is 6.79. The average molecular weight is 392 g/mol. The fourth-order valence-corrected chi connectivity index (χ4v) is 2.91. The second kappa shape index (κ2) is 9.22. The first-order valence-corrected chi connectivity index (χ1v) is 9.07. The molecule has 3 amide bonds. The van der Waals surface area contributed by atoms with E-state index in [-0.39, 0.29) is 17.6 Å². The molecule has 2 rings (SSSR count). The summed E-state index contributed by atoms with van der Waals surface area (Å²) >= 11 is 0.760. The molecular formula is C18H20N2O6S. The summed E-state index contributed by atoms with van der Waals surface area (Å²) in [6.45, 7) is 2.96. The van der Waals surface area contributed by atoms with E-state index in [1.807, 2.05) is 6.92 Å². The number of rotatable bonds is 8. The van der Waals surface area contributed by atoms with Gasteiger partial charge in [-0.25, -0.2) is 0 Å². The van der Waals surface area contributed by atoms with Crippen LogP contribution in [0.5, 0.6) is 5.75 Å². The molecule has 1 heterocycles. The molecular weight excluding hydrogens is 372 g/mol. The van der Waals surface area contributed by atoms with Crippen LogP contribution in [0.3, 0.4) is 0 Å². The van der Waals surface area contributed by atoms with Crippen LogP contribution in [0.2, 0.25) is 0 Å². The Morgan fingerprint density at radius 3 is 2.52 bits per heavy atom. The summed E-state index contributed by atoms with van der Waals surface area (Å²) in [5.41, 5.74) is 5.67. The quantitative estimate of drug-likeness (QED) is 0.531.